The molecule has 1 saturated carbocycles. The number of rotatable bonds is 4. The molecular formula is C17H14ClN5O2S. The highest BCUT2D eigenvalue weighted by Gasteiger charge is 2.33. The van der Waals surface area contributed by atoms with Crippen LogP contribution in [-0.2, 0) is 0 Å². The van der Waals surface area contributed by atoms with E-state index in [0.29, 0.717) is 22.3 Å². The van der Waals surface area contributed by atoms with E-state index in [4.69, 9.17) is 11.6 Å². The summed E-state index contributed by atoms with van der Waals surface area (Å²) >= 11 is 7.84. The molecule has 0 spiro atoms. The van der Waals surface area contributed by atoms with Crippen molar-refractivity contribution >= 4 is 27.8 Å². The minimum absolute atomic E-state index is 0.0778. The van der Waals surface area contributed by atoms with E-state index < -0.39 is 6.10 Å². The summed E-state index contributed by atoms with van der Waals surface area (Å²) in [5.74, 6) is 0.583. The second kappa shape index (κ2) is 5.80. The molecule has 4 aromatic rings. The molecule has 3 aromatic heterocycles. The van der Waals surface area contributed by atoms with Gasteiger partial charge in [0.05, 0.1) is 28.8 Å². The lowest BCUT2D eigenvalue weighted by molar-refractivity contribution is 0.208. The van der Waals surface area contributed by atoms with Crippen molar-refractivity contribution in [2.45, 2.75) is 24.9 Å². The molecule has 0 radical (unpaired) electrons. The summed E-state index contributed by atoms with van der Waals surface area (Å²) in [4.78, 5) is 6.37. The van der Waals surface area contributed by atoms with E-state index in [1.165, 1.54) is 21.7 Å². The number of aliphatic hydroxyl groups excluding tert-OH is 1. The molecular weight excluding hydrogens is 374 g/mol. The minimum Gasteiger partial charge on any atom is -0.508 e. The molecule has 0 amide bonds. The highest BCUT2D eigenvalue weighted by atomic mass is 35.5. The zero-order valence-electron chi connectivity index (χ0n) is 13.4. The van der Waals surface area contributed by atoms with Crippen LogP contribution in [0.5, 0.6) is 5.75 Å². The molecule has 5 rings (SSSR count). The Labute approximate surface area is 157 Å². The van der Waals surface area contributed by atoms with Gasteiger partial charge in [0.2, 0.25) is 0 Å². The van der Waals surface area contributed by atoms with Gasteiger partial charge in [-0.15, -0.1) is 16.4 Å². The third-order valence-corrected chi connectivity index (χ3v) is 6.08. The number of benzene rings is 1. The summed E-state index contributed by atoms with van der Waals surface area (Å²) in [6, 6.07) is 4.61. The number of fused-ring (bicyclic) bond motifs is 1. The number of aromatic nitrogens is 5. The normalized spacial score (nSPS) is 15.6. The maximum atomic E-state index is 11.0. The molecule has 0 bridgehead atoms. The van der Waals surface area contributed by atoms with Crippen LogP contribution in [0.15, 0.2) is 36.9 Å². The van der Waals surface area contributed by atoms with E-state index in [9.17, 15) is 10.2 Å². The number of nitrogens with zero attached hydrogens (tertiary/aromatic N) is 5. The van der Waals surface area contributed by atoms with Crippen LogP contribution in [-0.4, -0.2) is 34.6 Å². The Bertz CT molecular complexity index is 1110. The van der Waals surface area contributed by atoms with Crippen molar-refractivity contribution < 1.29 is 10.2 Å². The van der Waals surface area contributed by atoms with Gasteiger partial charge in [0.15, 0.2) is 0 Å². The van der Waals surface area contributed by atoms with Gasteiger partial charge >= 0.3 is 0 Å². The molecule has 1 atom stereocenters. The van der Waals surface area contributed by atoms with E-state index >= 15 is 0 Å². The summed E-state index contributed by atoms with van der Waals surface area (Å²) in [5.41, 5.74) is 1.83. The van der Waals surface area contributed by atoms with Gasteiger partial charge in [-0.3, -0.25) is 4.40 Å². The predicted molar refractivity (Wildman–Crippen MR) is 97.1 cm³/mol. The average Bonchev–Trinajstić information content (AvgIpc) is 3.04. The Morgan fingerprint density at radius 1 is 1.31 bits per heavy atom. The molecule has 2 N–H and O–H groups in total. The van der Waals surface area contributed by atoms with Gasteiger partial charge in [0, 0.05) is 10.9 Å². The number of phenols is 1. The van der Waals surface area contributed by atoms with Gasteiger partial charge < -0.3 is 10.2 Å². The van der Waals surface area contributed by atoms with Crippen LogP contribution in [0.4, 0.5) is 0 Å². The third kappa shape index (κ3) is 2.49. The highest BCUT2D eigenvalue weighted by molar-refractivity contribution is 7.17. The molecule has 7 nitrogen and oxygen atoms in total. The SMILES string of the molecule is Oc1ccc(-n2cc(C(O)c3c(C4CC4)sc4cncn34)nn2)c(Cl)c1. The molecule has 1 fully saturated rings. The van der Waals surface area contributed by atoms with Crippen LogP contribution < -0.4 is 0 Å². The first-order chi connectivity index (χ1) is 12.6. The zero-order chi connectivity index (χ0) is 17.8. The summed E-state index contributed by atoms with van der Waals surface area (Å²) in [5, 5.41) is 29.1. The Kier molecular flexibility index (Phi) is 3.53. The van der Waals surface area contributed by atoms with Crippen molar-refractivity contribution in [2.24, 2.45) is 0 Å². The molecule has 9 heteroatoms. The van der Waals surface area contributed by atoms with Crippen molar-refractivity contribution in [2.75, 3.05) is 0 Å². The molecule has 1 unspecified atom stereocenters. The summed E-state index contributed by atoms with van der Waals surface area (Å²) in [7, 11) is 0. The van der Waals surface area contributed by atoms with Gasteiger partial charge in [-0.1, -0.05) is 16.8 Å². The number of imidazole rings is 1. The van der Waals surface area contributed by atoms with Gasteiger partial charge in [-0.25, -0.2) is 9.67 Å². The van der Waals surface area contributed by atoms with E-state index in [2.05, 4.69) is 15.3 Å². The Morgan fingerprint density at radius 3 is 2.92 bits per heavy atom. The summed E-state index contributed by atoms with van der Waals surface area (Å²) in [6.07, 6.45) is 6.56. The van der Waals surface area contributed by atoms with Crippen LogP contribution in [0.1, 0.15) is 41.1 Å². The number of thiazole rings is 1. The maximum absolute atomic E-state index is 11.0. The minimum atomic E-state index is -0.904. The lowest BCUT2D eigenvalue weighted by Gasteiger charge is -2.09. The van der Waals surface area contributed by atoms with E-state index in [0.717, 1.165) is 23.4 Å². The average molecular weight is 388 g/mol. The number of hydrogen-bond donors (Lipinski definition) is 2. The molecule has 26 heavy (non-hydrogen) atoms. The topological polar surface area (TPSA) is 88.5 Å². The van der Waals surface area contributed by atoms with Crippen LogP contribution >= 0.6 is 22.9 Å². The standard InChI is InChI=1S/C17H14ClN5O2S/c18-11-5-10(24)3-4-13(11)23-7-12(20-21-23)16(25)15-17(9-1-2-9)26-14-6-19-8-22(14)15/h3-9,16,24-25H,1-2H2. The van der Waals surface area contributed by atoms with Crippen molar-refractivity contribution in [3.8, 4) is 11.4 Å². The zero-order valence-corrected chi connectivity index (χ0v) is 15.0. The molecule has 1 aromatic carbocycles. The van der Waals surface area contributed by atoms with Crippen LogP contribution in [0, 0.1) is 0 Å². The molecule has 0 saturated heterocycles. The van der Waals surface area contributed by atoms with Crippen LogP contribution in [0.3, 0.4) is 0 Å². The number of halogens is 1. The highest BCUT2D eigenvalue weighted by Crippen LogP contribution is 2.47. The second-order valence-corrected chi connectivity index (χ2v) is 7.82. The fourth-order valence-electron chi connectivity index (χ4n) is 3.07. The predicted octanol–water partition coefficient (Wildman–Crippen LogP) is 3.29. The van der Waals surface area contributed by atoms with Crippen LogP contribution in [0.25, 0.3) is 10.5 Å². The lowest BCUT2D eigenvalue weighted by atomic mass is 10.1. The number of aliphatic hydroxyl groups is 1. The number of phenolic OH excluding ortho intramolecular Hbond substituents is 1. The van der Waals surface area contributed by atoms with Crippen molar-refractivity contribution in [1.82, 2.24) is 24.4 Å². The van der Waals surface area contributed by atoms with Gasteiger partial charge in [0.25, 0.3) is 0 Å². The van der Waals surface area contributed by atoms with Crippen molar-refractivity contribution in [3.63, 3.8) is 0 Å². The molecule has 132 valence electrons. The fraction of sp³-hybridized carbons (Fsp3) is 0.235. The molecule has 1 aliphatic carbocycles. The first-order valence-corrected chi connectivity index (χ1v) is 9.35. The largest absolute Gasteiger partial charge is 0.508 e. The van der Waals surface area contributed by atoms with E-state index in [1.807, 2.05) is 4.40 Å². The maximum Gasteiger partial charge on any atom is 0.141 e. The van der Waals surface area contributed by atoms with E-state index in [-0.39, 0.29) is 5.75 Å². The molecule has 1 aliphatic rings. The first-order valence-electron chi connectivity index (χ1n) is 8.15. The Hall–Kier alpha value is -2.42. The quantitative estimate of drug-likeness (QED) is 0.561. The smallest absolute Gasteiger partial charge is 0.141 e. The third-order valence-electron chi connectivity index (χ3n) is 4.51. The first kappa shape index (κ1) is 15.8. The van der Waals surface area contributed by atoms with Gasteiger partial charge in [0.1, 0.15) is 28.7 Å². The molecule has 3 heterocycles. The van der Waals surface area contributed by atoms with Crippen molar-refractivity contribution in [1.29, 1.82) is 0 Å². The monoisotopic (exact) mass is 387 g/mol. The number of aromatic hydroxyl groups is 1. The Morgan fingerprint density at radius 2 is 2.15 bits per heavy atom. The second-order valence-electron chi connectivity index (χ2n) is 6.35. The molecule has 0 aliphatic heterocycles. The Balaban J connectivity index is 1.56. The van der Waals surface area contributed by atoms with Gasteiger partial charge in [-0.05, 0) is 30.9 Å². The number of hydrogen-bond acceptors (Lipinski definition) is 6. The fourth-order valence-corrected chi connectivity index (χ4v) is 4.63. The summed E-state index contributed by atoms with van der Waals surface area (Å²) in [6.45, 7) is 0. The van der Waals surface area contributed by atoms with Crippen molar-refractivity contribution in [3.05, 3.63) is 58.2 Å². The summed E-state index contributed by atoms with van der Waals surface area (Å²) < 4.78 is 3.42. The van der Waals surface area contributed by atoms with Crippen LogP contribution in [0.2, 0.25) is 5.02 Å². The van der Waals surface area contributed by atoms with E-state index in [1.54, 1.807) is 36.1 Å². The van der Waals surface area contributed by atoms with Gasteiger partial charge in [-0.2, -0.15) is 0 Å². The lowest BCUT2D eigenvalue weighted by Crippen LogP contribution is -2.06.